The predicted molar refractivity (Wildman–Crippen MR) is 85.4 cm³/mol. The predicted octanol–water partition coefficient (Wildman–Crippen LogP) is 1.18. The van der Waals surface area contributed by atoms with Crippen molar-refractivity contribution >= 4 is 23.2 Å². The number of anilines is 2. The fourth-order valence-electron chi connectivity index (χ4n) is 2.20. The molecule has 2 amide bonds. The number of carbonyl (C=O) groups excluding carboxylic acids is 2. The van der Waals surface area contributed by atoms with Crippen LogP contribution in [-0.4, -0.2) is 38.1 Å². The molecule has 1 radical (unpaired) electrons. The zero-order chi connectivity index (χ0) is 15.9. The van der Waals surface area contributed by atoms with Crippen molar-refractivity contribution in [3.05, 3.63) is 30.7 Å². The fourth-order valence-corrected chi connectivity index (χ4v) is 2.20. The number of hydrogen-bond donors (Lipinski definition) is 2. The number of rotatable bonds is 6. The Morgan fingerprint density at radius 2 is 2.14 bits per heavy atom. The highest BCUT2D eigenvalue weighted by Gasteiger charge is 2.14. The largest absolute Gasteiger partial charge is 0.378 e. The molecule has 0 aliphatic carbocycles. The normalized spacial score (nSPS) is 16.1. The van der Waals surface area contributed by atoms with Crippen LogP contribution in [0.15, 0.2) is 24.3 Å². The molecule has 1 aromatic carbocycles. The van der Waals surface area contributed by atoms with Crippen molar-refractivity contribution in [2.75, 3.05) is 36.5 Å². The van der Waals surface area contributed by atoms with E-state index in [4.69, 9.17) is 10.5 Å². The number of nitrogens with zero attached hydrogens (tertiary/aromatic N) is 1. The number of primary amides is 1. The average molecular weight is 304 g/mol. The van der Waals surface area contributed by atoms with Crippen LogP contribution in [0.5, 0.6) is 0 Å². The second kappa shape index (κ2) is 7.79. The standard InChI is InChI=1S/C16H22N3O3/c1-12(16(17)21)5-6-15(20)18-13-3-2-4-14(11-13)19-7-9-22-10-8-19/h2-4,6,11-12H,5,7-10H2,1H3,(H2,17,21)(H,18,20)/t12-/m0/s1. The maximum atomic E-state index is 11.9. The molecule has 1 aliphatic rings. The van der Waals surface area contributed by atoms with E-state index >= 15 is 0 Å². The Balaban J connectivity index is 1.89. The van der Waals surface area contributed by atoms with Gasteiger partial charge in [0.1, 0.15) is 0 Å². The average Bonchev–Trinajstić information content (AvgIpc) is 2.53. The van der Waals surface area contributed by atoms with Crippen molar-refractivity contribution in [1.29, 1.82) is 0 Å². The topological polar surface area (TPSA) is 84.7 Å². The summed E-state index contributed by atoms with van der Waals surface area (Å²) in [6.07, 6.45) is 1.79. The third-order valence-electron chi connectivity index (χ3n) is 3.63. The van der Waals surface area contributed by atoms with E-state index < -0.39 is 5.91 Å². The lowest BCUT2D eigenvalue weighted by atomic mass is 10.1. The molecule has 2 rings (SSSR count). The lowest BCUT2D eigenvalue weighted by molar-refractivity contribution is -0.121. The molecule has 6 nitrogen and oxygen atoms in total. The van der Waals surface area contributed by atoms with Gasteiger partial charge in [-0.1, -0.05) is 13.0 Å². The summed E-state index contributed by atoms with van der Waals surface area (Å²) < 4.78 is 5.34. The minimum Gasteiger partial charge on any atom is -0.378 e. The molecule has 0 saturated carbocycles. The van der Waals surface area contributed by atoms with Crippen LogP contribution < -0.4 is 16.0 Å². The molecule has 3 N–H and O–H groups in total. The molecule has 1 heterocycles. The van der Waals surface area contributed by atoms with Gasteiger partial charge < -0.3 is 20.7 Å². The zero-order valence-corrected chi connectivity index (χ0v) is 12.7. The summed E-state index contributed by atoms with van der Waals surface area (Å²) in [5, 5.41) is 2.81. The highest BCUT2D eigenvalue weighted by molar-refractivity contribution is 5.97. The number of morpholine rings is 1. The van der Waals surface area contributed by atoms with E-state index in [0.29, 0.717) is 6.42 Å². The van der Waals surface area contributed by atoms with Gasteiger partial charge in [0, 0.05) is 30.4 Å². The number of ether oxygens (including phenoxy) is 1. The van der Waals surface area contributed by atoms with Gasteiger partial charge in [-0.25, -0.2) is 0 Å². The Bertz CT molecular complexity index is 527. The van der Waals surface area contributed by atoms with E-state index in [2.05, 4.69) is 10.2 Å². The molecule has 6 heteroatoms. The molecule has 119 valence electrons. The summed E-state index contributed by atoms with van der Waals surface area (Å²) in [5.41, 5.74) is 6.97. The number of nitrogens with one attached hydrogen (secondary N) is 1. The number of hydrogen-bond acceptors (Lipinski definition) is 4. The second-order valence-electron chi connectivity index (χ2n) is 5.38. The van der Waals surface area contributed by atoms with Crippen molar-refractivity contribution in [3.63, 3.8) is 0 Å². The highest BCUT2D eigenvalue weighted by Crippen LogP contribution is 2.20. The van der Waals surface area contributed by atoms with Gasteiger partial charge in [0.25, 0.3) is 0 Å². The first-order valence-electron chi connectivity index (χ1n) is 7.42. The smallest absolute Gasteiger partial charge is 0.228 e. The van der Waals surface area contributed by atoms with Gasteiger partial charge in [-0.2, -0.15) is 0 Å². The fraction of sp³-hybridized carbons (Fsp3) is 0.438. The van der Waals surface area contributed by atoms with Gasteiger partial charge in [0.2, 0.25) is 11.8 Å². The summed E-state index contributed by atoms with van der Waals surface area (Å²) in [7, 11) is 0. The van der Waals surface area contributed by atoms with Crippen LogP contribution >= 0.6 is 0 Å². The van der Waals surface area contributed by atoms with Crippen LogP contribution in [0.4, 0.5) is 11.4 Å². The van der Waals surface area contributed by atoms with Crippen molar-refractivity contribution in [3.8, 4) is 0 Å². The molecule has 1 saturated heterocycles. The number of carbonyl (C=O) groups is 2. The highest BCUT2D eigenvalue weighted by atomic mass is 16.5. The Hall–Kier alpha value is -2.08. The Morgan fingerprint density at radius 1 is 1.41 bits per heavy atom. The molecule has 1 fully saturated rings. The minimum atomic E-state index is -0.404. The van der Waals surface area contributed by atoms with Crippen LogP contribution in [0, 0.1) is 12.3 Å². The van der Waals surface area contributed by atoms with Gasteiger partial charge in [-0.15, -0.1) is 0 Å². The van der Waals surface area contributed by atoms with Gasteiger partial charge >= 0.3 is 0 Å². The molecular formula is C16H22N3O3. The maximum Gasteiger partial charge on any atom is 0.228 e. The van der Waals surface area contributed by atoms with Crippen molar-refractivity contribution in [2.45, 2.75) is 13.3 Å². The van der Waals surface area contributed by atoms with E-state index in [0.717, 1.165) is 37.7 Å². The number of benzene rings is 1. The molecule has 1 atom stereocenters. The third kappa shape index (κ3) is 4.73. The Morgan fingerprint density at radius 3 is 2.82 bits per heavy atom. The van der Waals surface area contributed by atoms with Crippen LogP contribution in [0.1, 0.15) is 13.3 Å². The third-order valence-corrected chi connectivity index (χ3v) is 3.63. The van der Waals surface area contributed by atoms with Crippen LogP contribution in [0.2, 0.25) is 0 Å². The SMILES string of the molecule is C[C@@H](C[CH]C(=O)Nc1cccc(N2CCOCC2)c1)C(N)=O. The van der Waals surface area contributed by atoms with E-state index in [9.17, 15) is 9.59 Å². The van der Waals surface area contributed by atoms with E-state index in [1.165, 1.54) is 6.42 Å². The first kappa shape index (κ1) is 16.3. The monoisotopic (exact) mass is 304 g/mol. The summed E-state index contributed by atoms with van der Waals surface area (Å²) in [4.78, 5) is 25.0. The molecule has 0 aromatic heterocycles. The van der Waals surface area contributed by atoms with Crippen molar-refractivity contribution in [2.24, 2.45) is 11.7 Å². The Kier molecular flexibility index (Phi) is 5.77. The van der Waals surface area contributed by atoms with E-state index in [1.54, 1.807) is 6.92 Å². The van der Waals surface area contributed by atoms with Crippen molar-refractivity contribution < 1.29 is 14.3 Å². The van der Waals surface area contributed by atoms with Crippen LogP contribution in [0.3, 0.4) is 0 Å². The minimum absolute atomic E-state index is 0.229. The molecular weight excluding hydrogens is 282 g/mol. The van der Waals surface area contributed by atoms with Gasteiger partial charge in [0.15, 0.2) is 0 Å². The molecule has 1 aliphatic heterocycles. The quantitative estimate of drug-likeness (QED) is 0.826. The second-order valence-corrected chi connectivity index (χ2v) is 5.38. The van der Waals surface area contributed by atoms with Gasteiger partial charge in [0.05, 0.1) is 19.6 Å². The Labute approximate surface area is 130 Å². The summed E-state index contributed by atoms with van der Waals surface area (Å²) in [6.45, 7) is 4.83. The molecule has 0 bridgehead atoms. The number of nitrogens with two attached hydrogens (primary N) is 1. The molecule has 0 spiro atoms. The van der Waals surface area contributed by atoms with E-state index in [-0.39, 0.29) is 11.8 Å². The van der Waals surface area contributed by atoms with Gasteiger partial charge in [-0.05, 0) is 24.6 Å². The first-order chi connectivity index (χ1) is 10.6. The zero-order valence-electron chi connectivity index (χ0n) is 12.7. The molecule has 1 aromatic rings. The maximum absolute atomic E-state index is 11.9. The summed E-state index contributed by atoms with van der Waals surface area (Å²) in [6, 6.07) is 7.70. The number of amides is 2. The molecule has 0 unspecified atom stereocenters. The van der Waals surface area contributed by atoms with Gasteiger partial charge in [-0.3, -0.25) is 9.59 Å². The van der Waals surface area contributed by atoms with E-state index in [1.807, 2.05) is 24.3 Å². The lowest BCUT2D eigenvalue weighted by Crippen LogP contribution is -2.36. The lowest BCUT2D eigenvalue weighted by Gasteiger charge is -2.29. The summed E-state index contributed by atoms with van der Waals surface area (Å²) in [5.74, 6) is -0.976. The molecule has 22 heavy (non-hydrogen) atoms. The van der Waals surface area contributed by atoms with Crippen LogP contribution in [0.25, 0.3) is 0 Å². The van der Waals surface area contributed by atoms with Crippen molar-refractivity contribution in [1.82, 2.24) is 0 Å². The van der Waals surface area contributed by atoms with Crippen LogP contribution in [-0.2, 0) is 14.3 Å². The summed E-state index contributed by atoms with van der Waals surface area (Å²) >= 11 is 0. The first-order valence-corrected chi connectivity index (χ1v) is 7.42.